The molecule has 0 unspecified atom stereocenters. The topological polar surface area (TPSA) is 12.9 Å². The third-order valence-electron chi connectivity index (χ3n) is 1.61. The fourth-order valence-corrected chi connectivity index (χ4v) is 1.04. The number of pyridine rings is 1. The lowest BCUT2D eigenvalue weighted by Gasteiger charge is -1.90. The fourth-order valence-electron chi connectivity index (χ4n) is 0.825. The molecule has 2 heteroatoms. The average Bonchev–Trinajstić information content (AvgIpc) is 2.19. The minimum atomic E-state index is 0.993. The zero-order valence-electron chi connectivity index (χ0n) is 7.90. The Morgan fingerprint density at radius 3 is 2.92 bits per heavy atom. The van der Waals surface area contributed by atoms with Crippen LogP contribution in [0.1, 0.15) is 12.6 Å². The summed E-state index contributed by atoms with van der Waals surface area (Å²) in [7, 11) is 0. The summed E-state index contributed by atoms with van der Waals surface area (Å²) in [6, 6.07) is 5.89. The fraction of sp³-hybridized carbons (Fsp3) is 0.182. The van der Waals surface area contributed by atoms with Crippen LogP contribution >= 0.6 is 11.8 Å². The third kappa shape index (κ3) is 3.95. The first-order valence-electron chi connectivity index (χ1n) is 4.13. The molecule has 1 nitrogen and oxygen atoms in total. The molecular weight excluding hydrogens is 178 g/mol. The molecule has 0 bridgehead atoms. The molecule has 0 N–H and O–H groups in total. The molecule has 0 saturated carbocycles. The van der Waals surface area contributed by atoms with Gasteiger partial charge in [-0.05, 0) is 36.3 Å². The zero-order valence-corrected chi connectivity index (χ0v) is 8.71. The van der Waals surface area contributed by atoms with Crippen LogP contribution in [-0.2, 0) is 0 Å². The molecule has 0 fully saturated rings. The molecule has 0 radical (unpaired) electrons. The van der Waals surface area contributed by atoms with Crippen LogP contribution in [0.3, 0.4) is 0 Å². The van der Waals surface area contributed by atoms with E-state index < -0.39 is 0 Å². The van der Waals surface area contributed by atoms with E-state index >= 15 is 0 Å². The van der Waals surface area contributed by atoms with E-state index in [0.29, 0.717) is 0 Å². The second-order valence-corrected chi connectivity index (χ2v) is 3.65. The number of hydrogen-bond donors (Lipinski definition) is 0. The standard InChI is InChI=1S/C11H13NS/c1-10(13-2)6-5-8-11-7-3-4-9-12-11/h3-9H,1-2H3/b8-5+,10-6-. The molecule has 1 aromatic heterocycles. The SMILES string of the molecule is CS/C(C)=C\C=C\c1ccccn1. The van der Waals surface area contributed by atoms with Crippen LogP contribution in [0.4, 0.5) is 0 Å². The third-order valence-corrected chi connectivity index (χ3v) is 2.39. The maximum absolute atomic E-state index is 4.18. The van der Waals surface area contributed by atoms with Crippen molar-refractivity contribution >= 4 is 17.8 Å². The molecule has 68 valence electrons. The highest BCUT2D eigenvalue weighted by Crippen LogP contribution is 2.09. The molecular formula is C11H13NS. The van der Waals surface area contributed by atoms with Crippen molar-refractivity contribution in [1.82, 2.24) is 4.98 Å². The van der Waals surface area contributed by atoms with Gasteiger partial charge >= 0.3 is 0 Å². The van der Waals surface area contributed by atoms with Crippen molar-refractivity contribution in [2.24, 2.45) is 0 Å². The second-order valence-electron chi connectivity index (χ2n) is 2.60. The van der Waals surface area contributed by atoms with Gasteiger partial charge in [-0.3, -0.25) is 4.98 Å². The molecule has 13 heavy (non-hydrogen) atoms. The van der Waals surface area contributed by atoms with E-state index in [-0.39, 0.29) is 0 Å². The van der Waals surface area contributed by atoms with Crippen molar-refractivity contribution in [2.45, 2.75) is 6.92 Å². The van der Waals surface area contributed by atoms with Crippen LogP contribution in [-0.4, -0.2) is 11.2 Å². The Morgan fingerprint density at radius 1 is 1.46 bits per heavy atom. The minimum absolute atomic E-state index is 0.993. The first kappa shape index (κ1) is 10.1. The number of rotatable bonds is 3. The van der Waals surface area contributed by atoms with Crippen molar-refractivity contribution in [2.75, 3.05) is 6.26 Å². The summed E-state index contributed by atoms with van der Waals surface area (Å²) in [4.78, 5) is 5.48. The molecule has 1 heterocycles. The van der Waals surface area contributed by atoms with Gasteiger partial charge in [0.15, 0.2) is 0 Å². The normalized spacial score (nSPS) is 12.3. The summed E-state index contributed by atoms with van der Waals surface area (Å²) in [6.07, 6.45) is 9.97. The van der Waals surface area contributed by atoms with Gasteiger partial charge in [-0.2, -0.15) is 0 Å². The van der Waals surface area contributed by atoms with Crippen LogP contribution in [0.2, 0.25) is 0 Å². The van der Waals surface area contributed by atoms with E-state index in [1.165, 1.54) is 4.91 Å². The molecule has 0 saturated heterocycles. The lowest BCUT2D eigenvalue weighted by atomic mass is 10.3. The predicted molar refractivity (Wildman–Crippen MR) is 60.5 cm³/mol. The van der Waals surface area contributed by atoms with Gasteiger partial charge in [-0.25, -0.2) is 0 Å². The quantitative estimate of drug-likeness (QED) is 0.679. The summed E-state index contributed by atoms with van der Waals surface area (Å²) in [5.41, 5.74) is 0.993. The van der Waals surface area contributed by atoms with E-state index in [1.54, 1.807) is 18.0 Å². The summed E-state index contributed by atoms with van der Waals surface area (Å²) in [5, 5.41) is 0. The van der Waals surface area contributed by atoms with E-state index in [0.717, 1.165) is 5.69 Å². The Hall–Kier alpha value is -1.02. The summed E-state index contributed by atoms with van der Waals surface area (Å²) in [5.74, 6) is 0. The molecule has 1 aromatic rings. The number of allylic oxidation sites excluding steroid dienone is 3. The molecule has 0 aliphatic carbocycles. The molecule has 0 spiro atoms. The van der Waals surface area contributed by atoms with Crippen LogP contribution in [0.15, 0.2) is 41.5 Å². The van der Waals surface area contributed by atoms with E-state index in [1.807, 2.05) is 30.4 Å². The Balaban J connectivity index is 2.60. The highest BCUT2D eigenvalue weighted by molar-refractivity contribution is 8.02. The monoisotopic (exact) mass is 191 g/mol. The van der Waals surface area contributed by atoms with E-state index in [2.05, 4.69) is 24.2 Å². The second kappa shape index (κ2) is 5.60. The first-order chi connectivity index (χ1) is 6.33. The van der Waals surface area contributed by atoms with Crippen LogP contribution < -0.4 is 0 Å². The summed E-state index contributed by atoms with van der Waals surface area (Å²) in [6.45, 7) is 2.09. The first-order valence-corrected chi connectivity index (χ1v) is 5.35. The van der Waals surface area contributed by atoms with Crippen molar-refractivity contribution in [1.29, 1.82) is 0 Å². The maximum Gasteiger partial charge on any atom is 0.0629 e. The zero-order chi connectivity index (χ0) is 9.52. The predicted octanol–water partition coefficient (Wildman–Crippen LogP) is 3.36. The van der Waals surface area contributed by atoms with Gasteiger partial charge in [0.05, 0.1) is 5.69 Å². The molecule has 0 aliphatic rings. The lowest BCUT2D eigenvalue weighted by Crippen LogP contribution is -1.75. The number of thioether (sulfide) groups is 1. The van der Waals surface area contributed by atoms with Gasteiger partial charge in [-0.1, -0.05) is 18.2 Å². The molecule has 0 atom stereocenters. The molecule has 0 aliphatic heterocycles. The van der Waals surface area contributed by atoms with Gasteiger partial charge in [0.25, 0.3) is 0 Å². The number of nitrogens with zero attached hydrogens (tertiary/aromatic N) is 1. The van der Waals surface area contributed by atoms with Gasteiger partial charge in [0, 0.05) is 6.20 Å². The van der Waals surface area contributed by atoms with Crippen LogP contribution in [0.25, 0.3) is 6.08 Å². The van der Waals surface area contributed by atoms with E-state index in [9.17, 15) is 0 Å². The lowest BCUT2D eigenvalue weighted by molar-refractivity contribution is 1.30. The maximum atomic E-state index is 4.18. The van der Waals surface area contributed by atoms with Crippen LogP contribution in [0, 0.1) is 0 Å². The number of hydrogen-bond acceptors (Lipinski definition) is 2. The van der Waals surface area contributed by atoms with Gasteiger partial charge in [0.2, 0.25) is 0 Å². The minimum Gasteiger partial charge on any atom is -0.257 e. The average molecular weight is 191 g/mol. The van der Waals surface area contributed by atoms with Crippen molar-refractivity contribution in [3.8, 4) is 0 Å². The van der Waals surface area contributed by atoms with Gasteiger partial charge < -0.3 is 0 Å². The Kier molecular flexibility index (Phi) is 4.33. The van der Waals surface area contributed by atoms with Crippen molar-refractivity contribution < 1.29 is 0 Å². The molecule has 1 rings (SSSR count). The summed E-state index contributed by atoms with van der Waals surface area (Å²) >= 11 is 1.75. The molecule has 0 amide bonds. The van der Waals surface area contributed by atoms with Crippen molar-refractivity contribution in [3.05, 3.63) is 47.1 Å². The largest absolute Gasteiger partial charge is 0.257 e. The number of aromatic nitrogens is 1. The van der Waals surface area contributed by atoms with Crippen molar-refractivity contribution in [3.63, 3.8) is 0 Å². The highest BCUT2D eigenvalue weighted by atomic mass is 32.2. The van der Waals surface area contributed by atoms with Gasteiger partial charge in [-0.15, -0.1) is 11.8 Å². The van der Waals surface area contributed by atoms with Gasteiger partial charge in [0.1, 0.15) is 0 Å². The highest BCUT2D eigenvalue weighted by Gasteiger charge is 1.83. The summed E-state index contributed by atoms with van der Waals surface area (Å²) < 4.78 is 0. The Morgan fingerprint density at radius 2 is 2.31 bits per heavy atom. The molecule has 0 aromatic carbocycles. The van der Waals surface area contributed by atoms with E-state index in [4.69, 9.17) is 0 Å². The Labute approximate surface area is 83.6 Å². The Bertz CT molecular complexity index is 301. The van der Waals surface area contributed by atoms with Crippen LogP contribution in [0.5, 0.6) is 0 Å². The smallest absolute Gasteiger partial charge is 0.0629 e.